The summed E-state index contributed by atoms with van der Waals surface area (Å²) in [5.41, 5.74) is 2.43. The molecule has 1 amide bonds. The highest BCUT2D eigenvalue weighted by molar-refractivity contribution is 6.01. The molecule has 134 valence electrons. The molecular weight excluding hydrogens is 326 g/mol. The maximum absolute atomic E-state index is 12.1. The van der Waals surface area contributed by atoms with Crippen LogP contribution in [0.15, 0.2) is 10.6 Å². The van der Waals surface area contributed by atoms with E-state index >= 15 is 0 Å². The van der Waals surface area contributed by atoms with Gasteiger partial charge in [-0.2, -0.15) is 0 Å². The van der Waals surface area contributed by atoms with E-state index in [0.29, 0.717) is 22.5 Å². The van der Waals surface area contributed by atoms with Crippen molar-refractivity contribution in [2.75, 3.05) is 11.9 Å². The molecule has 25 heavy (non-hydrogen) atoms. The zero-order chi connectivity index (χ0) is 18.7. The average molecular weight is 347 g/mol. The molecule has 8 nitrogen and oxygen atoms in total. The van der Waals surface area contributed by atoms with Crippen LogP contribution < -0.4 is 5.32 Å². The number of H-pyrrole nitrogens is 1. The van der Waals surface area contributed by atoms with Crippen molar-refractivity contribution in [1.82, 2.24) is 10.1 Å². The zero-order valence-electron chi connectivity index (χ0n) is 14.9. The number of carbonyl (C=O) groups excluding carboxylic acids is 3. The minimum Gasteiger partial charge on any atom is -0.451 e. The number of ketones is 1. The number of aryl methyl sites for hydroxylation is 1. The number of nitrogens with one attached hydrogen (secondary N) is 2. The first kappa shape index (κ1) is 18.4. The Bertz CT molecular complexity index is 816. The third-order valence-corrected chi connectivity index (χ3v) is 3.71. The monoisotopic (exact) mass is 347 g/mol. The van der Waals surface area contributed by atoms with Gasteiger partial charge in [0.1, 0.15) is 5.69 Å². The fraction of sp³-hybridized carbons (Fsp3) is 0.412. The van der Waals surface area contributed by atoms with E-state index in [9.17, 15) is 14.4 Å². The van der Waals surface area contributed by atoms with Crippen LogP contribution in [0.2, 0.25) is 0 Å². The molecule has 0 radical (unpaired) electrons. The number of amides is 1. The molecule has 0 aromatic carbocycles. The third-order valence-electron chi connectivity index (χ3n) is 3.71. The van der Waals surface area contributed by atoms with E-state index in [1.54, 1.807) is 19.9 Å². The first-order chi connectivity index (χ1) is 11.7. The normalized spacial score (nSPS) is 10.8. The quantitative estimate of drug-likeness (QED) is 0.613. The molecule has 2 aromatic rings. The molecule has 0 fully saturated rings. The number of rotatable bonds is 6. The highest BCUT2D eigenvalue weighted by Gasteiger charge is 2.21. The fourth-order valence-corrected chi connectivity index (χ4v) is 2.48. The lowest BCUT2D eigenvalue weighted by Crippen LogP contribution is -2.21. The number of aromatic amines is 1. The summed E-state index contributed by atoms with van der Waals surface area (Å²) in [4.78, 5) is 38.4. The smallest absolute Gasteiger partial charge is 0.355 e. The first-order valence-electron chi connectivity index (χ1n) is 7.84. The van der Waals surface area contributed by atoms with Crippen molar-refractivity contribution in [2.45, 2.75) is 40.5 Å². The molecule has 0 aliphatic carbocycles. The summed E-state index contributed by atoms with van der Waals surface area (Å²) in [6.07, 6.45) is 0. The summed E-state index contributed by atoms with van der Waals surface area (Å²) in [6.45, 7) is 8.18. The molecule has 0 bridgehead atoms. The molecule has 2 rings (SSSR count). The van der Waals surface area contributed by atoms with Gasteiger partial charge in [-0.25, -0.2) is 4.79 Å². The molecule has 0 aliphatic rings. The molecular formula is C17H21N3O5. The van der Waals surface area contributed by atoms with Crippen molar-refractivity contribution >= 4 is 23.5 Å². The Kier molecular flexibility index (Phi) is 5.41. The minimum absolute atomic E-state index is 0.144. The number of ether oxygens (including phenoxy) is 1. The lowest BCUT2D eigenvalue weighted by Gasteiger charge is -2.04. The van der Waals surface area contributed by atoms with Gasteiger partial charge in [-0.15, -0.1) is 0 Å². The standard InChI is InChI=1S/C17H21N3O5/c1-8(2)12-6-14(25-20-12)19-13(22)7-24-17(23)16-9(3)15(11(5)21)10(4)18-16/h6,8,18H,7H2,1-5H3,(H,19,22). The van der Waals surface area contributed by atoms with E-state index in [1.165, 1.54) is 6.92 Å². The second-order valence-corrected chi connectivity index (χ2v) is 6.08. The van der Waals surface area contributed by atoms with Gasteiger partial charge in [-0.1, -0.05) is 19.0 Å². The topological polar surface area (TPSA) is 114 Å². The number of hydrogen-bond donors (Lipinski definition) is 2. The van der Waals surface area contributed by atoms with E-state index in [4.69, 9.17) is 9.26 Å². The largest absolute Gasteiger partial charge is 0.451 e. The summed E-state index contributed by atoms with van der Waals surface area (Å²) in [7, 11) is 0. The van der Waals surface area contributed by atoms with Crippen molar-refractivity contribution in [3.8, 4) is 0 Å². The van der Waals surface area contributed by atoms with Crippen LogP contribution in [0.5, 0.6) is 0 Å². The Labute approximate surface area is 144 Å². The second-order valence-electron chi connectivity index (χ2n) is 6.08. The van der Waals surface area contributed by atoms with Gasteiger partial charge in [0, 0.05) is 17.3 Å². The van der Waals surface area contributed by atoms with E-state index < -0.39 is 18.5 Å². The summed E-state index contributed by atoms with van der Waals surface area (Å²) < 4.78 is 9.98. The predicted octanol–water partition coefficient (Wildman–Crippen LogP) is 2.74. The Morgan fingerprint density at radius 1 is 1.32 bits per heavy atom. The van der Waals surface area contributed by atoms with Crippen molar-refractivity contribution in [3.63, 3.8) is 0 Å². The number of anilines is 1. The van der Waals surface area contributed by atoms with Gasteiger partial charge in [0.25, 0.3) is 5.91 Å². The maximum atomic E-state index is 12.1. The first-order valence-corrected chi connectivity index (χ1v) is 7.84. The maximum Gasteiger partial charge on any atom is 0.355 e. The number of nitrogens with zero attached hydrogens (tertiary/aromatic N) is 1. The van der Waals surface area contributed by atoms with Crippen LogP contribution in [0.1, 0.15) is 64.5 Å². The van der Waals surface area contributed by atoms with E-state index in [-0.39, 0.29) is 23.3 Å². The van der Waals surface area contributed by atoms with Crippen LogP contribution in [-0.4, -0.2) is 34.4 Å². The molecule has 0 saturated heterocycles. The average Bonchev–Trinajstić information content (AvgIpc) is 3.09. The zero-order valence-corrected chi connectivity index (χ0v) is 14.9. The van der Waals surface area contributed by atoms with Gasteiger partial charge >= 0.3 is 5.97 Å². The highest BCUT2D eigenvalue weighted by atomic mass is 16.5. The van der Waals surface area contributed by atoms with E-state index in [2.05, 4.69) is 15.5 Å². The minimum atomic E-state index is -0.705. The molecule has 0 unspecified atom stereocenters. The Morgan fingerprint density at radius 2 is 2.00 bits per heavy atom. The SMILES string of the molecule is CC(=O)c1c(C)[nH]c(C(=O)OCC(=O)Nc2cc(C(C)C)no2)c1C. The lowest BCUT2D eigenvalue weighted by atomic mass is 10.1. The van der Waals surface area contributed by atoms with Gasteiger partial charge in [0.2, 0.25) is 5.88 Å². The molecule has 8 heteroatoms. The van der Waals surface area contributed by atoms with Crippen LogP contribution in [0.3, 0.4) is 0 Å². The Morgan fingerprint density at radius 3 is 2.52 bits per heavy atom. The Hall–Kier alpha value is -2.90. The highest BCUT2D eigenvalue weighted by Crippen LogP contribution is 2.19. The number of esters is 1. The summed E-state index contributed by atoms with van der Waals surface area (Å²) >= 11 is 0. The van der Waals surface area contributed by atoms with Crippen LogP contribution in [0.25, 0.3) is 0 Å². The number of hydrogen-bond acceptors (Lipinski definition) is 6. The molecule has 0 saturated carbocycles. The molecule has 2 aromatic heterocycles. The summed E-state index contributed by atoms with van der Waals surface area (Å²) in [5.74, 6) is -1.04. The van der Waals surface area contributed by atoms with Crippen LogP contribution >= 0.6 is 0 Å². The van der Waals surface area contributed by atoms with Crippen molar-refractivity contribution in [2.24, 2.45) is 0 Å². The molecule has 0 spiro atoms. The number of aromatic nitrogens is 2. The Balaban J connectivity index is 1.96. The fourth-order valence-electron chi connectivity index (χ4n) is 2.48. The van der Waals surface area contributed by atoms with Gasteiger partial charge in [-0.3, -0.25) is 14.9 Å². The molecule has 2 N–H and O–H groups in total. The van der Waals surface area contributed by atoms with Gasteiger partial charge in [0.15, 0.2) is 12.4 Å². The van der Waals surface area contributed by atoms with Gasteiger partial charge in [0.05, 0.1) is 5.69 Å². The number of Topliss-reactive ketones (excluding diaryl/α,β-unsaturated/α-hetero) is 1. The number of carbonyl (C=O) groups is 3. The van der Waals surface area contributed by atoms with Crippen molar-refractivity contribution in [1.29, 1.82) is 0 Å². The van der Waals surface area contributed by atoms with E-state index in [1.807, 2.05) is 13.8 Å². The molecule has 2 heterocycles. The van der Waals surface area contributed by atoms with Crippen LogP contribution in [0.4, 0.5) is 5.88 Å². The van der Waals surface area contributed by atoms with Gasteiger partial charge in [-0.05, 0) is 32.3 Å². The molecule has 0 aliphatic heterocycles. The molecule has 0 atom stereocenters. The van der Waals surface area contributed by atoms with Crippen molar-refractivity contribution in [3.05, 3.63) is 34.3 Å². The summed E-state index contributed by atoms with van der Waals surface area (Å²) in [5, 5.41) is 6.28. The van der Waals surface area contributed by atoms with Crippen LogP contribution in [0, 0.1) is 13.8 Å². The van der Waals surface area contributed by atoms with Gasteiger partial charge < -0.3 is 14.2 Å². The van der Waals surface area contributed by atoms with Crippen LogP contribution in [-0.2, 0) is 9.53 Å². The second kappa shape index (κ2) is 7.33. The van der Waals surface area contributed by atoms with Crippen molar-refractivity contribution < 1.29 is 23.6 Å². The predicted molar refractivity (Wildman–Crippen MR) is 89.8 cm³/mol. The summed E-state index contributed by atoms with van der Waals surface area (Å²) in [6, 6.07) is 1.61. The lowest BCUT2D eigenvalue weighted by molar-refractivity contribution is -0.119. The third kappa shape index (κ3) is 4.14. The van der Waals surface area contributed by atoms with E-state index in [0.717, 1.165) is 0 Å².